The maximum atomic E-state index is 11.8. The summed E-state index contributed by atoms with van der Waals surface area (Å²) in [6.07, 6.45) is 1.64. The molecular weight excluding hydrogens is 354 g/mol. The molecule has 0 unspecified atom stereocenters. The summed E-state index contributed by atoms with van der Waals surface area (Å²) in [4.78, 5) is 24.7. The lowest BCUT2D eigenvalue weighted by molar-refractivity contribution is -0.123. The van der Waals surface area contributed by atoms with Gasteiger partial charge in [-0.05, 0) is 54.8 Å². The molecule has 1 heterocycles. The zero-order valence-electron chi connectivity index (χ0n) is 12.5. The quantitative estimate of drug-likeness (QED) is 0.685. The minimum absolute atomic E-state index is 0.113. The fraction of sp³-hybridized carbons (Fsp3) is 0.571. The van der Waals surface area contributed by atoms with Crippen LogP contribution in [0.1, 0.15) is 32.1 Å². The van der Waals surface area contributed by atoms with E-state index in [1.807, 2.05) is 26.0 Å². The van der Waals surface area contributed by atoms with Gasteiger partial charge >= 0.3 is 6.03 Å². The molecule has 21 heavy (non-hydrogen) atoms. The van der Waals surface area contributed by atoms with Crippen molar-refractivity contribution in [2.75, 3.05) is 6.54 Å². The van der Waals surface area contributed by atoms with Crippen LogP contribution < -0.4 is 16.0 Å². The molecule has 0 aliphatic heterocycles. The monoisotopic (exact) mass is 375 g/mol. The van der Waals surface area contributed by atoms with Crippen molar-refractivity contribution in [2.24, 2.45) is 0 Å². The fourth-order valence-electron chi connectivity index (χ4n) is 1.57. The molecule has 2 atom stereocenters. The first-order valence-electron chi connectivity index (χ1n) is 7.01. The third-order valence-corrected chi connectivity index (χ3v) is 4.71. The average Bonchev–Trinajstić information content (AvgIpc) is 2.84. The van der Waals surface area contributed by atoms with Crippen LogP contribution in [0.3, 0.4) is 0 Å². The molecular formula is C14H22BrN3O2S. The van der Waals surface area contributed by atoms with Gasteiger partial charge in [-0.25, -0.2) is 4.79 Å². The van der Waals surface area contributed by atoms with Crippen molar-refractivity contribution in [1.82, 2.24) is 16.0 Å². The number of hydrogen-bond acceptors (Lipinski definition) is 3. The molecule has 0 aliphatic carbocycles. The maximum Gasteiger partial charge on any atom is 0.315 e. The van der Waals surface area contributed by atoms with Gasteiger partial charge in [0.05, 0.1) is 3.79 Å². The summed E-state index contributed by atoms with van der Waals surface area (Å²) < 4.78 is 1.08. The van der Waals surface area contributed by atoms with Gasteiger partial charge in [0.15, 0.2) is 0 Å². The Morgan fingerprint density at radius 1 is 1.29 bits per heavy atom. The molecule has 0 aromatic carbocycles. The van der Waals surface area contributed by atoms with Gasteiger partial charge in [0.2, 0.25) is 5.91 Å². The second-order valence-electron chi connectivity index (χ2n) is 4.90. The molecule has 0 radical (unpaired) electrons. The van der Waals surface area contributed by atoms with E-state index < -0.39 is 6.04 Å². The third kappa shape index (κ3) is 6.95. The smallest absolute Gasteiger partial charge is 0.315 e. The topological polar surface area (TPSA) is 70.2 Å². The molecule has 0 bridgehead atoms. The first-order valence-corrected chi connectivity index (χ1v) is 8.62. The molecule has 7 heteroatoms. The first kappa shape index (κ1) is 18.0. The van der Waals surface area contributed by atoms with Gasteiger partial charge in [-0.2, -0.15) is 0 Å². The normalized spacial score (nSPS) is 13.3. The number of halogens is 1. The Morgan fingerprint density at radius 2 is 2.00 bits per heavy atom. The van der Waals surface area contributed by atoms with Crippen LogP contribution in [0.25, 0.3) is 0 Å². The van der Waals surface area contributed by atoms with E-state index in [2.05, 4.69) is 31.9 Å². The number of hydrogen-bond donors (Lipinski definition) is 3. The van der Waals surface area contributed by atoms with E-state index >= 15 is 0 Å². The lowest BCUT2D eigenvalue weighted by Crippen LogP contribution is -2.50. The molecule has 0 saturated heterocycles. The van der Waals surface area contributed by atoms with E-state index in [0.717, 1.165) is 16.6 Å². The van der Waals surface area contributed by atoms with E-state index in [9.17, 15) is 9.59 Å². The highest BCUT2D eigenvalue weighted by atomic mass is 79.9. The predicted octanol–water partition coefficient (Wildman–Crippen LogP) is 2.66. The molecule has 1 aromatic heterocycles. The summed E-state index contributed by atoms with van der Waals surface area (Å²) in [5, 5.41) is 8.22. The van der Waals surface area contributed by atoms with Gasteiger partial charge in [-0.15, -0.1) is 11.3 Å². The van der Waals surface area contributed by atoms with Gasteiger partial charge < -0.3 is 16.0 Å². The van der Waals surface area contributed by atoms with Crippen molar-refractivity contribution in [3.8, 4) is 0 Å². The van der Waals surface area contributed by atoms with Crippen molar-refractivity contribution in [1.29, 1.82) is 0 Å². The van der Waals surface area contributed by atoms with E-state index in [0.29, 0.717) is 6.54 Å². The average molecular weight is 376 g/mol. The van der Waals surface area contributed by atoms with Crippen LogP contribution >= 0.6 is 27.3 Å². The molecule has 3 amide bonds. The van der Waals surface area contributed by atoms with Gasteiger partial charge in [-0.1, -0.05) is 6.92 Å². The minimum Gasteiger partial charge on any atom is -0.352 e. The summed E-state index contributed by atoms with van der Waals surface area (Å²) in [6.45, 7) is 6.15. The largest absolute Gasteiger partial charge is 0.352 e. The van der Waals surface area contributed by atoms with Crippen molar-refractivity contribution in [3.05, 3.63) is 20.8 Å². The van der Waals surface area contributed by atoms with Gasteiger partial charge in [0.25, 0.3) is 0 Å². The minimum atomic E-state index is -0.546. The molecule has 0 spiro atoms. The molecule has 5 nitrogen and oxygen atoms in total. The highest BCUT2D eigenvalue weighted by Crippen LogP contribution is 2.21. The summed E-state index contributed by atoms with van der Waals surface area (Å²) in [5.74, 6) is -0.165. The Kier molecular flexibility index (Phi) is 7.74. The molecule has 0 saturated carbocycles. The number of carbonyl (C=O) groups excluding carboxylic acids is 2. The lowest BCUT2D eigenvalue weighted by Gasteiger charge is -2.17. The lowest BCUT2D eigenvalue weighted by atomic mass is 10.2. The maximum absolute atomic E-state index is 11.8. The Hall–Kier alpha value is -1.08. The Morgan fingerprint density at radius 3 is 2.57 bits per heavy atom. The van der Waals surface area contributed by atoms with Crippen LogP contribution in [-0.4, -0.2) is 30.6 Å². The van der Waals surface area contributed by atoms with E-state index in [1.54, 1.807) is 18.3 Å². The second kappa shape index (κ2) is 9.04. The Labute approximate surface area is 138 Å². The van der Waals surface area contributed by atoms with E-state index in [1.165, 1.54) is 4.88 Å². The van der Waals surface area contributed by atoms with Crippen molar-refractivity contribution in [3.63, 3.8) is 0 Å². The van der Waals surface area contributed by atoms with Crippen LogP contribution in [-0.2, 0) is 11.2 Å². The summed E-state index contributed by atoms with van der Waals surface area (Å²) in [7, 11) is 0. The standard InChI is InChI=1S/C14H22BrN3O2S/c1-4-9(2)17-13(19)10(3)18-14(20)16-8-7-11-5-6-12(15)21-11/h5-6,9-10H,4,7-8H2,1-3H3,(H,17,19)(H2,16,18,20)/t9-,10-/m0/s1. The van der Waals surface area contributed by atoms with Crippen molar-refractivity contribution in [2.45, 2.75) is 45.7 Å². The van der Waals surface area contributed by atoms with E-state index in [-0.39, 0.29) is 18.0 Å². The number of thiophene rings is 1. The molecule has 118 valence electrons. The number of nitrogens with one attached hydrogen (secondary N) is 3. The Bertz CT molecular complexity index is 479. The number of amides is 3. The second-order valence-corrected chi connectivity index (χ2v) is 7.44. The van der Waals surface area contributed by atoms with Crippen LogP contribution in [0.5, 0.6) is 0 Å². The Balaban J connectivity index is 2.24. The molecule has 0 fully saturated rings. The van der Waals surface area contributed by atoms with Gasteiger partial charge in [0, 0.05) is 17.5 Å². The van der Waals surface area contributed by atoms with Crippen molar-refractivity contribution < 1.29 is 9.59 Å². The van der Waals surface area contributed by atoms with Crippen LogP contribution in [0.2, 0.25) is 0 Å². The number of carbonyl (C=O) groups is 2. The molecule has 1 rings (SSSR count). The number of rotatable bonds is 7. The molecule has 0 aliphatic rings. The summed E-state index contributed by atoms with van der Waals surface area (Å²) in [6, 6.07) is 3.26. The summed E-state index contributed by atoms with van der Waals surface area (Å²) >= 11 is 5.05. The highest BCUT2D eigenvalue weighted by Gasteiger charge is 2.16. The zero-order chi connectivity index (χ0) is 15.8. The fourth-order valence-corrected chi connectivity index (χ4v) is 3.05. The zero-order valence-corrected chi connectivity index (χ0v) is 14.9. The summed E-state index contributed by atoms with van der Waals surface area (Å²) in [5.41, 5.74) is 0. The van der Waals surface area contributed by atoms with Gasteiger partial charge in [0.1, 0.15) is 6.04 Å². The van der Waals surface area contributed by atoms with Crippen molar-refractivity contribution >= 4 is 39.2 Å². The third-order valence-electron chi connectivity index (χ3n) is 3.03. The highest BCUT2D eigenvalue weighted by molar-refractivity contribution is 9.11. The van der Waals surface area contributed by atoms with Crippen LogP contribution in [0, 0.1) is 0 Å². The van der Waals surface area contributed by atoms with Crippen LogP contribution in [0.15, 0.2) is 15.9 Å². The van der Waals surface area contributed by atoms with Gasteiger partial charge in [-0.3, -0.25) is 4.79 Å². The molecule has 1 aromatic rings. The number of urea groups is 1. The van der Waals surface area contributed by atoms with E-state index in [4.69, 9.17) is 0 Å². The predicted molar refractivity (Wildman–Crippen MR) is 89.6 cm³/mol. The first-order chi connectivity index (χ1) is 9.92. The molecule has 3 N–H and O–H groups in total. The SMILES string of the molecule is CC[C@H](C)NC(=O)[C@H](C)NC(=O)NCCc1ccc(Br)s1. The van der Waals surface area contributed by atoms with Crippen LogP contribution in [0.4, 0.5) is 4.79 Å².